The van der Waals surface area contributed by atoms with Gasteiger partial charge in [0.05, 0.1) is 12.0 Å². The minimum Gasteiger partial charge on any atom is -0.490 e. The molecule has 0 radical (unpaired) electrons. The Labute approximate surface area is 217 Å². The Balaban J connectivity index is 1.40. The van der Waals surface area contributed by atoms with Gasteiger partial charge in [-0.1, -0.05) is 18.2 Å². The van der Waals surface area contributed by atoms with Crippen molar-refractivity contribution < 1.29 is 41.0 Å². The van der Waals surface area contributed by atoms with E-state index >= 15 is 0 Å². The van der Waals surface area contributed by atoms with Crippen LogP contribution in [0.1, 0.15) is 75.3 Å². The minimum absolute atomic E-state index is 0.00154. The van der Waals surface area contributed by atoms with Crippen LogP contribution in [0.5, 0.6) is 5.75 Å². The van der Waals surface area contributed by atoms with Gasteiger partial charge in [-0.05, 0) is 92.2 Å². The number of hydrogen-bond donors (Lipinski definition) is 2. The summed E-state index contributed by atoms with van der Waals surface area (Å²) in [6.07, 6.45) is -5.18. The number of fused-ring (bicyclic) bond motifs is 1. The molecule has 0 amide bonds. The molecule has 210 valence electrons. The highest BCUT2D eigenvalue weighted by Crippen LogP contribution is 2.44. The maximum absolute atomic E-state index is 14.1. The molecule has 0 saturated heterocycles. The number of rotatable bonds is 8. The molecule has 0 aliphatic heterocycles. The lowest BCUT2D eigenvalue weighted by Gasteiger charge is -2.31. The number of hydrogen-bond acceptors (Lipinski definition) is 3. The zero-order valence-corrected chi connectivity index (χ0v) is 21.0. The van der Waals surface area contributed by atoms with Crippen LogP contribution in [-0.2, 0) is 17.5 Å². The van der Waals surface area contributed by atoms with Crippen LogP contribution < -0.4 is 10.1 Å². The third kappa shape index (κ3) is 7.33. The summed E-state index contributed by atoms with van der Waals surface area (Å²) < 4.78 is 86.8. The number of nitrogens with one attached hydrogen (secondary N) is 1. The van der Waals surface area contributed by atoms with Crippen molar-refractivity contribution in [2.45, 2.75) is 95.3 Å². The SMILES string of the molecule is O=C(O)CCC1CCC(NCc2ccc3c(C(F)(F)F)c(O[C@H]4CC[C@@H](C(F)(F)F)CC4)ccc3c2)CC1. The molecule has 2 aromatic carbocycles. The van der Waals surface area contributed by atoms with Crippen molar-refractivity contribution in [3.8, 4) is 5.75 Å². The van der Waals surface area contributed by atoms with E-state index in [-0.39, 0.29) is 49.3 Å². The number of alkyl halides is 6. The van der Waals surface area contributed by atoms with Crippen molar-refractivity contribution in [3.63, 3.8) is 0 Å². The summed E-state index contributed by atoms with van der Waals surface area (Å²) >= 11 is 0. The summed E-state index contributed by atoms with van der Waals surface area (Å²) in [4.78, 5) is 10.8. The topological polar surface area (TPSA) is 58.6 Å². The molecule has 4 nitrogen and oxygen atoms in total. The van der Waals surface area contributed by atoms with E-state index in [0.29, 0.717) is 24.3 Å². The Bertz CT molecular complexity index is 1100. The van der Waals surface area contributed by atoms with Crippen molar-refractivity contribution in [1.29, 1.82) is 0 Å². The third-order valence-electron chi connectivity index (χ3n) is 7.97. The molecule has 2 N–H and O–H groups in total. The number of benzene rings is 2. The van der Waals surface area contributed by atoms with Crippen LogP contribution in [0.3, 0.4) is 0 Å². The molecule has 2 fully saturated rings. The maximum Gasteiger partial charge on any atom is 0.420 e. The highest BCUT2D eigenvalue weighted by molar-refractivity contribution is 5.89. The van der Waals surface area contributed by atoms with Gasteiger partial charge in [0.25, 0.3) is 0 Å². The largest absolute Gasteiger partial charge is 0.490 e. The summed E-state index contributed by atoms with van der Waals surface area (Å²) in [7, 11) is 0. The smallest absolute Gasteiger partial charge is 0.420 e. The first kappa shape index (κ1) is 28.5. The second-order valence-electron chi connectivity index (χ2n) is 10.7. The summed E-state index contributed by atoms with van der Waals surface area (Å²) in [6.45, 7) is 0.502. The van der Waals surface area contributed by atoms with Gasteiger partial charge in [-0.25, -0.2) is 0 Å². The Morgan fingerprint density at radius 1 is 0.921 bits per heavy atom. The standard InChI is InChI=1S/C28H33F6NO3/c29-27(30,31)20-6-10-22(11-7-20)38-24-13-5-19-15-18(3-12-23(19)26(24)28(32,33)34)16-35-21-8-1-17(2-9-21)4-14-25(36)37/h3,5,12-13,15,17,20-22,35H,1-2,4,6-11,14,16H2,(H,36,37)/t17?,20-,21?,22+. The zero-order chi connectivity index (χ0) is 27.5. The van der Waals surface area contributed by atoms with E-state index in [4.69, 9.17) is 9.84 Å². The van der Waals surface area contributed by atoms with Crippen molar-refractivity contribution in [2.75, 3.05) is 0 Å². The summed E-state index contributed by atoms with van der Waals surface area (Å²) in [5, 5.41) is 12.7. The molecule has 10 heteroatoms. The van der Waals surface area contributed by atoms with Crippen LogP contribution in [-0.4, -0.2) is 29.4 Å². The molecule has 2 aliphatic rings. The fourth-order valence-corrected chi connectivity index (χ4v) is 5.79. The first-order valence-electron chi connectivity index (χ1n) is 13.2. The fourth-order valence-electron chi connectivity index (χ4n) is 5.79. The van der Waals surface area contributed by atoms with Crippen molar-refractivity contribution in [3.05, 3.63) is 41.5 Å². The van der Waals surface area contributed by atoms with E-state index < -0.39 is 35.9 Å². The monoisotopic (exact) mass is 545 g/mol. The summed E-state index contributed by atoms with van der Waals surface area (Å²) in [5.74, 6) is -2.13. The molecule has 4 rings (SSSR count). The molecule has 0 bridgehead atoms. The maximum atomic E-state index is 14.1. The predicted octanol–water partition coefficient (Wildman–Crippen LogP) is 7.87. The molecule has 0 heterocycles. The Morgan fingerprint density at radius 3 is 2.21 bits per heavy atom. The first-order valence-corrected chi connectivity index (χ1v) is 13.2. The number of halogens is 6. The van der Waals surface area contributed by atoms with Gasteiger partial charge in [0.1, 0.15) is 11.3 Å². The van der Waals surface area contributed by atoms with Gasteiger partial charge in [-0.3, -0.25) is 4.79 Å². The number of carboxylic acids is 1. The van der Waals surface area contributed by atoms with Crippen LogP contribution in [0.15, 0.2) is 30.3 Å². The molecule has 2 saturated carbocycles. The Morgan fingerprint density at radius 2 is 1.61 bits per heavy atom. The number of carboxylic acid groups (broad SMARTS) is 1. The van der Waals surface area contributed by atoms with Gasteiger partial charge < -0.3 is 15.2 Å². The predicted molar refractivity (Wildman–Crippen MR) is 131 cm³/mol. The second kappa shape index (κ2) is 11.7. The normalized spacial score (nSPS) is 24.9. The van der Waals surface area contributed by atoms with Crippen LogP contribution >= 0.6 is 0 Å². The number of ether oxygens (including phenoxy) is 1. The van der Waals surface area contributed by atoms with Gasteiger partial charge in [-0.15, -0.1) is 0 Å². The molecule has 38 heavy (non-hydrogen) atoms. The molecule has 0 spiro atoms. The Kier molecular flexibility index (Phi) is 8.79. The first-order chi connectivity index (χ1) is 17.9. The molecule has 0 atom stereocenters. The van der Waals surface area contributed by atoms with E-state index in [2.05, 4.69) is 5.32 Å². The van der Waals surface area contributed by atoms with Gasteiger partial charge in [0, 0.05) is 19.0 Å². The van der Waals surface area contributed by atoms with Crippen LogP contribution in [0, 0.1) is 11.8 Å². The van der Waals surface area contributed by atoms with Gasteiger partial charge in [-0.2, -0.15) is 26.3 Å². The third-order valence-corrected chi connectivity index (χ3v) is 7.97. The van der Waals surface area contributed by atoms with Gasteiger partial charge in [0.2, 0.25) is 0 Å². The lowest BCUT2D eigenvalue weighted by atomic mass is 9.83. The zero-order valence-electron chi connectivity index (χ0n) is 21.0. The average Bonchev–Trinajstić information content (AvgIpc) is 2.85. The van der Waals surface area contributed by atoms with Crippen LogP contribution in [0.25, 0.3) is 10.8 Å². The van der Waals surface area contributed by atoms with Crippen LogP contribution in [0.2, 0.25) is 0 Å². The second-order valence-corrected chi connectivity index (χ2v) is 10.7. The minimum atomic E-state index is -4.68. The lowest BCUT2D eigenvalue weighted by molar-refractivity contribution is -0.185. The molecule has 0 unspecified atom stereocenters. The quantitative estimate of drug-likeness (QED) is 0.332. The Hall–Kier alpha value is -2.49. The van der Waals surface area contributed by atoms with Crippen molar-refractivity contribution >= 4 is 16.7 Å². The summed E-state index contributed by atoms with van der Waals surface area (Å²) in [6, 6.07) is 7.93. The van der Waals surface area contributed by atoms with E-state index in [1.165, 1.54) is 12.1 Å². The molecule has 0 aromatic heterocycles. The fraction of sp³-hybridized carbons (Fsp3) is 0.607. The van der Waals surface area contributed by atoms with E-state index in [0.717, 1.165) is 31.2 Å². The van der Waals surface area contributed by atoms with E-state index in [9.17, 15) is 31.1 Å². The van der Waals surface area contributed by atoms with Gasteiger partial charge in [0.15, 0.2) is 0 Å². The average molecular weight is 546 g/mol. The lowest BCUT2D eigenvalue weighted by Crippen LogP contribution is -2.32. The summed E-state index contributed by atoms with van der Waals surface area (Å²) in [5.41, 5.74) is -0.0510. The number of carbonyl (C=O) groups is 1. The molecular weight excluding hydrogens is 512 g/mol. The molecular formula is C28H33F6NO3. The highest BCUT2D eigenvalue weighted by atomic mass is 19.4. The van der Waals surface area contributed by atoms with Crippen LogP contribution in [0.4, 0.5) is 26.3 Å². The van der Waals surface area contributed by atoms with Crippen molar-refractivity contribution in [1.82, 2.24) is 5.32 Å². The van der Waals surface area contributed by atoms with Crippen molar-refractivity contribution in [2.24, 2.45) is 11.8 Å². The molecule has 2 aliphatic carbocycles. The number of aliphatic carboxylic acids is 1. The van der Waals surface area contributed by atoms with Gasteiger partial charge >= 0.3 is 18.3 Å². The van der Waals surface area contributed by atoms with E-state index in [1.807, 2.05) is 0 Å². The molecule has 2 aromatic rings. The highest BCUT2D eigenvalue weighted by Gasteiger charge is 2.42. The van der Waals surface area contributed by atoms with E-state index in [1.54, 1.807) is 18.2 Å².